The maximum absolute atomic E-state index is 12.0. The molecule has 0 saturated carbocycles. The minimum atomic E-state index is -2.68. The van der Waals surface area contributed by atoms with Crippen LogP contribution < -0.4 is 4.52 Å². The number of nitro benzene ring substituents is 1. The lowest BCUT2D eigenvalue weighted by Crippen LogP contribution is -1.92. The van der Waals surface area contributed by atoms with Crippen molar-refractivity contribution in [2.75, 3.05) is 6.16 Å². The van der Waals surface area contributed by atoms with Gasteiger partial charge in [-0.05, 0) is 18.6 Å². The molecule has 0 amide bonds. The Balaban J connectivity index is 2.14. The molecule has 0 spiro atoms. The van der Waals surface area contributed by atoms with Gasteiger partial charge in [0.15, 0.2) is 0 Å². The number of rotatable bonds is 3. The normalized spacial score (nSPS) is 23.2. The van der Waals surface area contributed by atoms with E-state index in [1.807, 2.05) is 6.08 Å². The van der Waals surface area contributed by atoms with Crippen molar-refractivity contribution in [2.24, 2.45) is 0 Å². The Hall–Kier alpha value is -1.61. The third-order valence-electron chi connectivity index (χ3n) is 2.25. The number of hydrogen-bond donors (Lipinski definition) is 0. The van der Waals surface area contributed by atoms with E-state index in [4.69, 9.17) is 4.52 Å². The lowest BCUT2D eigenvalue weighted by atomic mass is 10.3. The van der Waals surface area contributed by atoms with Crippen molar-refractivity contribution < 1.29 is 14.0 Å². The minimum Gasteiger partial charge on any atom is -0.440 e. The number of nitro groups is 1. The Morgan fingerprint density at radius 2 is 2.00 bits per heavy atom. The average Bonchev–Trinajstić information content (AvgIpc) is 2.65. The smallest absolute Gasteiger partial charge is 0.270 e. The highest BCUT2D eigenvalue weighted by molar-refractivity contribution is 7.62. The summed E-state index contributed by atoms with van der Waals surface area (Å²) in [6.45, 7) is 0. The Morgan fingerprint density at radius 3 is 2.50 bits per heavy atom. The summed E-state index contributed by atoms with van der Waals surface area (Å²) in [5.74, 6) is 1.99. The summed E-state index contributed by atoms with van der Waals surface area (Å²) in [5, 5.41) is 10.4. The third kappa shape index (κ3) is 2.31. The molecule has 0 saturated heterocycles. The van der Waals surface area contributed by atoms with Gasteiger partial charge in [0.25, 0.3) is 13.1 Å². The predicted molar refractivity (Wildman–Crippen MR) is 60.0 cm³/mol. The first kappa shape index (κ1) is 10.9. The molecular formula is C10H10NO4P. The van der Waals surface area contributed by atoms with Crippen LogP contribution in [0.5, 0.6) is 5.75 Å². The molecule has 1 aliphatic rings. The fraction of sp³-hybridized carbons (Fsp3) is 0.200. The molecule has 2 rings (SSSR count). The van der Waals surface area contributed by atoms with Crippen LogP contribution in [0.15, 0.2) is 36.2 Å². The molecule has 0 fully saturated rings. The third-order valence-corrected chi connectivity index (χ3v) is 4.31. The zero-order valence-corrected chi connectivity index (χ0v) is 9.30. The highest BCUT2D eigenvalue weighted by atomic mass is 31.2. The molecule has 0 N–H and O–H groups in total. The van der Waals surface area contributed by atoms with E-state index in [0.29, 0.717) is 11.9 Å². The number of hydrogen-bond acceptors (Lipinski definition) is 4. The van der Waals surface area contributed by atoms with Crippen molar-refractivity contribution >= 4 is 13.1 Å². The van der Waals surface area contributed by atoms with Gasteiger partial charge in [0.1, 0.15) is 5.75 Å². The summed E-state index contributed by atoms with van der Waals surface area (Å²) < 4.78 is 17.3. The van der Waals surface area contributed by atoms with Crippen molar-refractivity contribution in [3.8, 4) is 5.75 Å². The van der Waals surface area contributed by atoms with E-state index >= 15 is 0 Å². The molecule has 6 heteroatoms. The summed E-state index contributed by atoms with van der Waals surface area (Å²) in [5.41, 5.74) is -0.00686. The van der Waals surface area contributed by atoms with E-state index in [0.717, 1.165) is 6.42 Å². The minimum absolute atomic E-state index is 0.00686. The largest absolute Gasteiger partial charge is 0.440 e. The first-order valence-corrected chi connectivity index (χ1v) is 6.67. The summed E-state index contributed by atoms with van der Waals surface area (Å²) in [4.78, 5) is 9.93. The van der Waals surface area contributed by atoms with Crippen LogP contribution in [0.4, 0.5) is 5.69 Å². The van der Waals surface area contributed by atoms with Crippen LogP contribution in [-0.4, -0.2) is 11.1 Å². The van der Waals surface area contributed by atoms with E-state index in [2.05, 4.69) is 0 Å². The van der Waals surface area contributed by atoms with Gasteiger partial charge < -0.3 is 4.52 Å². The highest BCUT2D eigenvalue weighted by Gasteiger charge is 2.24. The van der Waals surface area contributed by atoms with Crippen molar-refractivity contribution in [1.29, 1.82) is 0 Å². The van der Waals surface area contributed by atoms with Gasteiger partial charge in [-0.3, -0.25) is 14.7 Å². The zero-order chi connectivity index (χ0) is 11.6. The Labute approximate surface area is 92.3 Å². The number of allylic oxidation sites excluding steroid dienone is 1. The summed E-state index contributed by atoms with van der Waals surface area (Å²) in [6.07, 6.45) is 3.08. The summed E-state index contributed by atoms with van der Waals surface area (Å²) in [7, 11) is -2.68. The van der Waals surface area contributed by atoms with Gasteiger partial charge in [0.2, 0.25) is 0 Å². The van der Waals surface area contributed by atoms with Crippen molar-refractivity contribution in [3.05, 3.63) is 46.3 Å². The number of non-ortho nitro benzene ring substituents is 1. The van der Waals surface area contributed by atoms with Crippen molar-refractivity contribution in [2.45, 2.75) is 6.42 Å². The Bertz CT molecular complexity index is 480. The molecule has 5 nitrogen and oxygen atoms in total. The number of nitrogens with zero attached hydrogens (tertiary/aromatic N) is 1. The highest BCUT2D eigenvalue weighted by Crippen LogP contribution is 2.52. The first-order valence-electron chi connectivity index (χ1n) is 4.80. The van der Waals surface area contributed by atoms with Gasteiger partial charge >= 0.3 is 0 Å². The van der Waals surface area contributed by atoms with Crippen LogP contribution in [0, 0.1) is 10.1 Å². The number of benzene rings is 1. The van der Waals surface area contributed by atoms with Gasteiger partial charge in [0, 0.05) is 24.1 Å². The fourth-order valence-corrected chi connectivity index (χ4v) is 3.21. The molecule has 16 heavy (non-hydrogen) atoms. The SMILES string of the molecule is O=[N+]([O-])c1ccc(O[P@]2(=O)C=CCC2)cc1. The fourth-order valence-electron chi connectivity index (χ4n) is 1.45. The second kappa shape index (κ2) is 4.10. The summed E-state index contributed by atoms with van der Waals surface area (Å²) in [6, 6.07) is 5.59. The van der Waals surface area contributed by atoms with Crippen LogP contribution >= 0.6 is 7.37 Å². The predicted octanol–water partition coefficient (Wildman–Crippen LogP) is 3.17. The molecule has 1 atom stereocenters. The lowest BCUT2D eigenvalue weighted by Gasteiger charge is -2.11. The van der Waals surface area contributed by atoms with Gasteiger partial charge in [0.05, 0.1) is 4.92 Å². The monoisotopic (exact) mass is 239 g/mol. The maximum Gasteiger partial charge on any atom is 0.270 e. The molecule has 1 aromatic carbocycles. The van der Waals surface area contributed by atoms with E-state index in [1.165, 1.54) is 24.3 Å². The average molecular weight is 239 g/mol. The molecule has 84 valence electrons. The lowest BCUT2D eigenvalue weighted by molar-refractivity contribution is -0.384. The Morgan fingerprint density at radius 1 is 1.31 bits per heavy atom. The van der Waals surface area contributed by atoms with Crippen LogP contribution in [0.1, 0.15) is 6.42 Å². The van der Waals surface area contributed by atoms with E-state index in [9.17, 15) is 14.7 Å². The van der Waals surface area contributed by atoms with Crippen molar-refractivity contribution in [3.63, 3.8) is 0 Å². The second-order valence-corrected chi connectivity index (χ2v) is 5.85. The quantitative estimate of drug-likeness (QED) is 0.461. The van der Waals surface area contributed by atoms with Crippen LogP contribution in [0.25, 0.3) is 0 Å². The van der Waals surface area contributed by atoms with Gasteiger partial charge in [-0.2, -0.15) is 0 Å². The van der Waals surface area contributed by atoms with Crippen LogP contribution in [0.2, 0.25) is 0 Å². The van der Waals surface area contributed by atoms with Gasteiger partial charge in [-0.25, -0.2) is 0 Å². The molecule has 1 aromatic rings. The molecule has 0 radical (unpaired) electrons. The zero-order valence-electron chi connectivity index (χ0n) is 8.41. The molecule has 1 aliphatic heterocycles. The standard InChI is InChI=1S/C10H10NO4P/c12-11(13)9-3-5-10(6-4-9)15-16(14)7-1-2-8-16/h1,3-7H,2,8H2/t16-/m1/s1. The van der Waals surface area contributed by atoms with Gasteiger partial charge in [-0.1, -0.05) is 6.08 Å². The molecule has 0 aliphatic carbocycles. The topological polar surface area (TPSA) is 69.4 Å². The van der Waals surface area contributed by atoms with Crippen molar-refractivity contribution in [1.82, 2.24) is 0 Å². The molecule has 1 heterocycles. The second-order valence-electron chi connectivity index (χ2n) is 3.47. The van der Waals surface area contributed by atoms with Crippen LogP contribution in [0.3, 0.4) is 0 Å². The molecular weight excluding hydrogens is 229 g/mol. The first-order chi connectivity index (χ1) is 7.59. The van der Waals surface area contributed by atoms with Crippen LogP contribution in [-0.2, 0) is 4.57 Å². The maximum atomic E-state index is 12.0. The molecule has 0 bridgehead atoms. The van der Waals surface area contributed by atoms with E-state index in [-0.39, 0.29) is 5.69 Å². The molecule has 0 unspecified atom stereocenters. The van der Waals surface area contributed by atoms with E-state index < -0.39 is 12.3 Å². The van der Waals surface area contributed by atoms with E-state index in [1.54, 1.807) is 5.82 Å². The van der Waals surface area contributed by atoms with Gasteiger partial charge in [-0.15, -0.1) is 0 Å². The molecule has 0 aromatic heterocycles. The Kier molecular flexibility index (Phi) is 2.79. The summed E-state index contributed by atoms with van der Waals surface area (Å²) >= 11 is 0.